The van der Waals surface area contributed by atoms with E-state index in [1.54, 1.807) is 18.3 Å². The third kappa shape index (κ3) is 5.11. The quantitative estimate of drug-likeness (QED) is 0.330. The molecular formula is C22H21ClFN5O4S. The number of benzene rings is 2. The lowest BCUT2D eigenvalue weighted by Crippen LogP contribution is -2.25. The van der Waals surface area contributed by atoms with E-state index in [2.05, 4.69) is 24.9 Å². The fourth-order valence-electron chi connectivity index (χ4n) is 2.94. The van der Waals surface area contributed by atoms with Crippen LogP contribution < -0.4 is 9.46 Å². The number of aliphatic hydroxyl groups excluding tert-OH is 1. The number of hydrogen-bond donors (Lipinski definition) is 3. The lowest BCUT2D eigenvalue weighted by Gasteiger charge is -2.21. The second kappa shape index (κ2) is 9.16. The van der Waals surface area contributed by atoms with Gasteiger partial charge < -0.3 is 9.84 Å². The zero-order chi connectivity index (χ0) is 24.5. The number of fused-ring (bicyclic) bond motifs is 1. The van der Waals surface area contributed by atoms with Crippen molar-refractivity contribution in [2.45, 2.75) is 18.7 Å². The number of halogens is 2. The molecule has 3 N–H and O–H groups in total. The highest BCUT2D eigenvalue weighted by atomic mass is 35.5. The van der Waals surface area contributed by atoms with Gasteiger partial charge in [-0.2, -0.15) is 10.1 Å². The van der Waals surface area contributed by atoms with Crippen molar-refractivity contribution in [1.82, 2.24) is 20.2 Å². The Bertz CT molecular complexity index is 1440. The number of anilines is 1. The van der Waals surface area contributed by atoms with Crippen molar-refractivity contribution in [3.63, 3.8) is 0 Å². The zero-order valence-electron chi connectivity index (χ0n) is 18.2. The SMILES string of the molecule is CC(C)(CO)COc1nc(-c2ccc(NS(=O)(=O)c3cc(Cl)ccc3F)cc2)nc2[nH]ncc12. The van der Waals surface area contributed by atoms with Crippen molar-refractivity contribution in [3.8, 4) is 17.3 Å². The summed E-state index contributed by atoms with van der Waals surface area (Å²) in [6.45, 7) is 3.88. The molecule has 0 unspecified atom stereocenters. The normalized spacial score (nSPS) is 12.1. The minimum Gasteiger partial charge on any atom is -0.476 e. The monoisotopic (exact) mass is 505 g/mol. The summed E-state index contributed by atoms with van der Waals surface area (Å²) in [5.41, 5.74) is 0.789. The molecule has 4 aromatic rings. The van der Waals surface area contributed by atoms with Crippen LogP contribution >= 0.6 is 11.6 Å². The van der Waals surface area contributed by atoms with E-state index in [0.717, 1.165) is 12.1 Å². The molecule has 0 aliphatic rings. The number of ether oxygens (including phenoxy) is 1. The second-order valence-electron chi connectivity index (χ2n) is 8.35. The van der Waals surface area contributed by atoms with Crippen molar-refractivity contribution in [2.24, 2.45) is 5.41 Å². The first kappa shape index (κ1) is 23.9. The minimum atomic E-state index is -4.19. The zero-order valence-corrected chi connectivity index (χ0v) is 19.8. The first-order chi connectivity index (χ1) is 16.1. The summed E-state index contributed by atoms with van der Waals surface area (Å²) in [4.78, 5) is 8.37. The summed E-state index contributed by atoms with van der Waals surface area (Å²) >= 11 is 5.81. The molecule has 2 aromatic carbocycles. The van der Waals surface area contributed by atoms with Crippen LogP contribution in [0.5, 0.6) is 5.88 Å². The van der Waals surface area contributed by atoms with Gasteiger partial charge in [-0.1, -0.05) is 25.4 Å². The number of aromatic nitrogens is 4. The molecule has 0 atom stereocenters. The maximum atomic E-state index is 14.0. The molecule has 0 saturated carbocycles. The van der Waals surface area contributed by atoms with Crippen molar-refractivity contribution >= 4 is 38.3 Å². The van der Waals surface area contributed by atoms with Gasteiger partial charge in [0.25, 0.3) is 10.0 Å². The van der Waals surface area contributed by atoms with Gasteiger partial charge in [0.15, 0.2) is 11.5 Å². The molecule has 0 amide bonds. The Morgan fingerprint density at radius 2 is 1.91 bits per heavy atom. The average Bonchev–Trinajstić information content (AvgIpc) is 3.28. The van der Waals surface area contributed by atoms with E-state index in [4.69, 9.17) is 16.3 Å². The smallest absolute Gasteiger partial charge is 0.264 e. The van der Waals surface area contributed by atoms with Gasteiger partial charge in [0.05, 0.1) is 19.4 Å². The molecular weight excluding hydrogens is 485 g/mol. The van der Waals surface area contributed by atoms with Gasteiger partial charge >= 0.3 is 0 Å². The highest BCUT2D eigenvalue weighted by Gasteiger charge is 2.21. The Morgan fingerprint density at radius 3 is 2.62 bits per heavy atom. The Morgan fingerprint density at radius 1 is 1.18 bits per heavy atom. The van der Waals surface area contributed by atoms with E-state index in [1.165, 1.54) is 18.2 Å². The largest absolute Gasteiger partial charge is 0.476 e. The number of nitrogens with one attached hydrogen (secondary N) is 2. The van der Waals surface area contributed by atoms with Crippen LogP contribution in [0.4, 0.5) is 10.1 Å². The molecule has 12 heteroatoms. The number of aliphatic hydroxyl groups is 1. The maximum Gasteiger partial charge on any atom is 0.264 e. The van der Waals surface area contributed by atoms with Gasteiger partial charge in [-0.25, -0.2) is 17.8 Å². The predicted octanol–water partition coefficient (Wildman–Crippen LogP) is 4.01. The van der Waals surface area contributed by atoms with Crippen LogP contribution in [0.25, 0.3) is 22.4 Å². The molecule has 2 heterocycles. The molecule has 0 saturated heterocycles. The molecule has 0 fully saturated rings. The van der Waals surface area contributed by atoms with Crippen LogP contribution in [-0.4, -0.2) is 46.9 Å². The number of H-pyrrole nitrogens is 1. The summed E-state index contributed by atoms with van der Waals surface area (Å²) in [6.07, 6.45) is 1.55. The molecule has 0 spiro atoms. The summed E-state index contributed by atoms with van der Waals surface area (Å²) < 4.78 is 47.4. The Balaban J connectivity index is 1.60. The van der Waals surface area contributed by atoms with Gasteiger partial charge in [0, 0.05) is 21.7 Å². The molecule has 0 radical (unpaired) electrons. The molecule has 0 bridgehead atoms. The maximum absolute atomic E-state index is 14.0. The number of hydrogen-bond acceptors (Lipinski definition) is 7. The van der Waals surface area contributed by atoms with Gasteiger partial charge in [-0.15, -0.1) is 0 Å². The Kier molecular flexibility index (Phi) is 6.43. The average molecular weight is 506 g/mol. The third-order valence-corrected chi connectivity index (χ3v) is 6.51. The first-order valence-electron chi connectivity index (χ1n) is 10.1. The van der Waals surface area contributed by atoms with Crippen LogP contribution in [0, 0.1) is 11.2 Å². The predicted molar refractivity (Wildman–Crippen MR) is 126 cm³/mol. The van der Waals surface area contributed by atoms with Crippen molar-refractivity contribution in [1.29, 1.82) is 0 Å². The summed E-state index contributed by atoms with van der Waals surface area (Å²) in [6, 6.07) is 9.54. The van der Waals surface area contributed by atoms with Crippen LogP contribution in [-0.2, 0) is 10.0 Å². The summed E-state index contributed by atoms with van der Waals surface area (Å²) in [5, 5.41) is 16.9. The van der Waals surface area contributed by atoms with Gasteiger partial charge in [0.1, 0.15) is 16.1 Å². The lowest BCUT2D eigenvalue weighted by atomic mass is 9.97. The van der Waals surface area contributed by atoms with Crippen LogP contribution in [0.15, 0.2) is 53.6 Å². The summed E-state index contributed by atoms with van der Waals surface area (Å²) in [5.74, 6) is -0.285. The Labute approximate surface area is 200 Å². The molecule has 9 nitrogen and oxygen atoms in total. The number of nitrogens with zero attached hydrogens (tertiary/aromatic N) is 3. The standard InChI is InChI=1S/C22H21ClFN5O4S/c1-22(2,11-30)12-33-21-16-10-25-28-20(16)26-19(27-21)13-3-6-15(7-4-13)29-34(31,32)18-9-14(23)5-8-17(18)24/h3-10,29-30H,11-12H2,1-2H3,(H,25,26,27,28). The third-order valence-electron chi connectivity index (χ3n) is 4.88. The highest BCUT2D eigenvalue weighted by Crippen LogP contribution is 2.28. The molecule has 34 heavy (non-hydrogen) atoms. The number of aromatic amines is 1. The molecule has 2 aromatic heterocycles. The van der Waals surface area contributed by atoms with Crippen molar-refractivity contribution in [2.75, 3.05) is 17.9 Å². The van der Waals surface area contributed by atoms with E-state index in [0.29, 0.717) is 28.3 Å². The fraction of sp³-hybridized carbons (Fsp3) is 0.227. The van der Waals surface area contributed by atoms with Crippen LogP contribution in [0.3, 0.4) is 0 Å². The first-order valence-corrected chi connectivity index (χ1v) is 12.0. The second-order valence-corrected chi connectivity index (χ2v) is 10.4. The van der Waals surface area contributed by atoms with Gasteiger partial charge in [-0.05, 0) is 42.5 Å². The van der Waals surface area contributed by atoms with Crippen molar-refractivity contribution in [3.05, 3.63) is 59.5 Å². The fourth-order valence-corrected chi connectivity index (χ4v) is 4.34. The lowest BCUT2D eigenvalue weighted by molar-refractivity contribution is 0.0960. The number of rotatable bonds is 8. The van der Waals surface area contributed by atoms with E-state index in [9.17, 15) is 17.9 Å². The van der Waals surface area contributed by atoms with E-state index < -0.39 is 26.2 Å². The topological polar surface area (TPSA) is 130 Å². The van der Waals surface area contributed by atoms with E-state index in [-0.39, 0.29) is 23.9 Å². The summed E-state index contributed by atoms with van der Waals surface area (Å²) in [7, 11) is -4.19. The van der Waals surface area contributed by atoms with Crippen LogP contribution in [0.2, 0.25) is 5.02 Å². The minimum absolute atomic E-state index is 0.0596. The molecule has 4 rings (SSSR count). The highest BCUT2D eigenvalue weighted by molar-refractivity contribution is 7.92. The molecule has 0 aliphatic heterocycles. The molecule has 0 aliphatic carbocycles. The Hall–Kier alpha value is -3.28. The van der Waals surface area contributed by atoms with Crippen molar-refractivity contribution < 1.29 is 22.7 Å². The van der Waals surface area contributed by atoms with E-state index >= 15 is 0 Å². The van der Waals surface area contributed by atoms with Crippen LogP contribution in [0.1, 0.15) is 13.8 Å². The van der Waals surface area contributed by atoms with Gasteiger partial charge in [0.2, 0.25) is 5.88 Å². The molecule has 178 valence electrons. The van der Waals surface area contributed by atoms with Gasteiger partial charge in [-0.3, -0.25) is 9.82 Å². The van der Waals surface area contributed by atoms with E-state index in [1.807, 2.05) is 13.8 Å². The number of sulfonamides is 1.